The van der Waals surface area contributed by atoms with E-state index in [1.165, 1.54) is 6.92 Å². The van der Waals surface area contributed by atoms with Crippen molar-refractivity contribution in [2.45, 2.75) is 6.92 Å². The molecular formula is C7H7FO4. The highest BCUT2D eigenvalue weighted by Crippen LogP contribution is 2.01. The fraction of sp³-hybridized carbons (Fsp3) is 0.143. The Morgan fingerprint density at radius 1 is 1.58 bits per heavy atom. The Morgan fingerprint density at radius 2 is 2.17 bits per heavy atom. The first-order valence-corrected chi connectivity index (χ1v) is 3.00. The number of hydrogen-bond acceptors (Lipinski definition) is 4. The van der Waals surface area contributed by atoms with Crippen LogP contribution < -0.4 is 0 Å². The Kier molecular flexibility index (Phi) is 4.36. The molecule has 0 rings (SSSR count). The SMILES string of the molecule is C/C=C(/OF)C(=O)/C=C(/O)C=O. The number of ketones is 1. The molecule has 0 aromatic rings. The fourth-order valence-corrected chi connectivity index (χ4v) is 0.464. The number of aliphatic hydroxyl groups is 1. The summed E-state index contributed by atoms with van der Waals surface area (Å²) in [6.45, 7) is 1.37. The Labute approximate surface area is 67.8 Å². The summed E-state index contributed by atoms with van der Waals surface area (Å²) in [6, 6.07) is 0. The van der Waals surface area contributed by atoms with Gasteiger partial charge in [0, 0.05) is 10.6 Å². The van der Waals surface area contributed by atoms with Gasteiger partial charge in [0.2, 0.25) is 11.5 Å². The summed E-state index contributed by atoms with van der Waals surface area (Å²) in [5.74, 6) is -2.27. The third kappa shape index (κ3) is 2.96. The number of aliphatic hydroxyl groups excluding tert-OH is 1. The molecule has 0 aromatic carbocycles. The lowest BCUT2D eigenvalue weighted by atomic mass is 10.3. The van der Waals surface area contributed by atoms with Gasteiger partial charge in [-0.1, -0.05) is 0 Å². The minimum absolute atomic E-state index is 0.0589. The molecule has 4 nitrogen and oxygen atoms in total. The first kappa shape index (κ1) is 10.3. The average molecular weight is 174 g/mol. The van der Waals surface area contributed by atoms with E-state index in [9.17, 15) is 14.1 Å². The van der Waals surface area contributed by atoms with Gasteiger partial charge in [-0.15, -0.1) is 0 Å². The van der Waals surface area contributed by atoms with Crippen LogP contribution in [0.1, 0.15) is 6.92 Å². The Hall–Kier alpha value is -1.65. The molecule has 0 amide bonds. The van der Waals surface area contributed by atoms with Crippen molar-refractivity contribution in [3.8, 4) is 0 Å². The molecular weight excluding hydrogens is 167 g/mol. The summed E-state index contributed by atoms with van der Waals surface area (Å²) in [5, 5.41) is 8.54. The van der Waals surface area contributed by atoms with Gasteiger partial charge >= 0.3 is 0 Å². The van der Waals surface area contributed by atoms with Crippen LogP contribution in [0.15, 0.2) is 23.7 Å². The standard InChI is InChI=1S/C7H7FO4/c1-2-7(12-8)6(11)3-5(10)4-9/h2-4,10H,1H3/b5-3+,7-2+. The van der Waals surface area contributed by atoms with Gasteiger partial charge in [-0.3, -0.25) is 14.5 Å². The van der Waals surface area contributed by atoms with Gasteiger partial charge in [0.15, 0.2) is 12.0 Å². The number of carbonyl (C=O) groups is 2. The summed E-state index contributed by atoms with van der Waals surface area (Å²) in [4.78, 5) is 23.7. The maximum atomic E-state index is 11.5. The van der Waals surface area contributed by atoms with Crippen LogP contribution in [0.5, 0.6) is 0 Å². The number of halogens is 1. The zero-order chi connectivity index (χ0) is 9.56. The Morgan fingerprint density at radius 3 is 2.50 bits per heavy atom. The van der Waals surface area contributed by atoms with Gasteiger partial charge in [0.25, 0.3) is 0 Å². The topological polar surface area (TPSA) is 63.6 Å². The molecule has 0 saturated carbocycles. The molecule has 0 aliphatic heterocycles. The predicted molar refractivity (Wildman–Crippen MR) is 37.7 cm³/mol. The third-order valence-electron chi connectivity index (χ3n) is 0.988. The van der Waals surface area contributed by atoms with Crippen LogP contribution in [0.2, 0.25) is 0 Å². The van der Waals surface area contributed by atoms with Crippen LogP contribution in [0.3, 0.4) is 0 Å². The Balaban J connectivity index is 4.51. The average Bonchev–Trinajstić information content (AvgIpc) is 2.06. The maximum absolute atomic E-state index is 11.5. The monoisotopic (exact) mass is 174 g/mol. The van der Waals surface area contributed by atoms with E-state index in [2.05, 4.69) is 4.94 Å². The predicted octanol–water partition coefficient (Wildman–Crippen LogP) is 1.00. The minimum atomic E-state index is -0.912. The molecule has 0 aliphatic rings. The van der Waals surface area contributed by atoms with Gasteiger partial charge in [-0.05, 0) is 13.0 Å². The minimum Gasteiger partial charge on any atom is -0.504 e. The highest BCUT2D eigenvalue weighted by molar-refractivity contribution is 6.04. The molecule has 0 aliphatic carbocycles. The van der Waals surface area contributed by atoms with Crippen LogP contribution in [-0.2, 0) is 14.5 Å². The second kappa shape index (κ2) is 5.06. The molecule has 0 unspecified atom stereocenters. The van der Waals surface area contributed by atoms with Gasteiger partial charge in [-0.2, -0.15) is 0 Å². The maximum Gasteiger partial charge on any atom is 0.228 e. The highest BCUT2D eigenvalue weighted by Gasteiger charge is 2.08. The molecule has 0 atom stereocenters. The first-order valence-electron chi connectivity index (χ1n) is 3.00. The quantitative estimate of drug-likeness (QED) is 0.392. The van der Waals surface area contributed by atoms with Crippen molar-refractivity contribution in [2.24, 2.45) is 0 Å². The molecule has 12 heavy (non-hydrogen) atoms. The summed E-state index contributed by atoms with van der Waals surface area (Å²) in [6.07, 6.45) is 1.68. The number of hydrogen-bond donors (Lipinski definition) is 1. The van der Waals surface area contributed by atoms with E-state index in [0.29, 0.717) is 6.08 Å². The zero-order valence-electron chi connectivity index (χ0n) is 6.28. The fourth-order valence-electron chi connectivity index (χ4n) is 0.464. The summed E-state index contributed by atoms with van der Waals surface area (Å²) < 4.78 is 11.5. The van der Waals surface area contributed by atoms with E-state index in [-0.39, 0.29) is 6.29 Å². The van der Waals surface area contributed by atoms with Crippen molar-refractivity contribution in [3.05, 3.63) is 23.7 Å². The van der Waals surface area contributed by atoms with Crippen LogP contribution in [0.25, 0.3) is 0 Å². The first-order chi connectivity index (χ1) is 5.65. The normalized spacial score (nSPS) is 12.5. The molecule has 66 valence electrons. The van der Waals surface area contributed by atoms with Gasteiger partial charge < -0.3 is 5.11 Å². The molecule has 0 heterocycles. The number of carbonyl (C=O) groups excluding carboxylic acids is 2. The van der Waals surface area contributed by atoms with Gasteiger partial charge in [-0.25, -0.2) is 0 Å². The van der Waals surface area contributed by atoms with Crippen molar-refractivity contribution < 1.29 is 24.2 Å². The van der Waals surface area contributed by atoms with E-state index in [0.717, 1.165) is 6.08 Å². The number of rotatable bonds is 4. The molecule has 1 N–H and O–H groups in total. The summed E-state index contributed by atoms with van der Waals surface area (Å²) >= 11 is 0. The second-order valence-corrected chi connectivity index (χ2v) is 1.78. The second-order valence-electron chi connectivity index (χ2n) is 1.78. The van der Waals surface area contributed by atoms with Crippen molar-refractivity contribution in [1.82, 2.24) is 0 Å². The molecule has 0 aromatic heterocycles. The van der Waals surface area contributed by atoms with Crippen molar-refractivity contribution in [3.63, 3.8) is 0 Å². The lowest BCUT2D eigenvalue weighted by Crippen LogP contribution is -2.00. The van der Waals surface area contributed by atoms with Gasteiger partial charge in [0.1, 0.15) is 0 Å². The molecule has 0 bridgehead atoms. The summed E-state index contributed by atoms with van der Waals surface area (Å²) in [5.41, 5.74) is 0. The molecule has 0 saturated heterocycles. The lowest BCUT2D eigenvalue weighted by Gasteiger charge is -1.93. The summed E-state index contributed by atoms with van der Waals surface area (Å²) in [7, 11) is 0. The van der Waals surface area contributed by atoms with E-state index in [1.54, 1.807) is 0 Å². The van der Waals surface area contributed by atoms with Crippen LogP contribution in [0.4, 0.5) is 4.53 Å². The molecule has 0 spiro atoms. The lowest BCUT2D eigenvalue weighted by molar-refractivity contribution is -0.129. The highest BCUT2D eigenvalue weighted by atomic mass is 19.3. The van der Waals surface area contributed by atoms with Crippen molar-refractivity contribution in [1.29, 1.82) is 0 Å². The Bertz CT molecular complexity index is 242. The molecule has 0 fully saturated rings. The van der Waals surface area contributed by atoms with E-state index >= 15 is 0 Å². The number of allylic oxidation sites excluding steroid dienone is 3. The smallest absolute Gasteiger partial charge is 0.228 e. The van der Waals surface area contributed by atoms with Crippen molar-refractivity contribution >= 4 is 12.1 Å². The molecule has 0 radical (unpaired) electrons. The van der Waals surface area contributed by atoms with Crippen LogP contribution in [-0.4, -0.2) is 17.2 Å². The van der Waals surface area contributed by atoms with E-state index < -0.39 is 17.3 Å². The largest absolute Gasteiger partial charge is 0.504 e. The van der Waals surface area contributed by atoms with E-state index in [1.807, 2.05) is 0 Å². The van der Waals surface area contributed by atoms with Gasteiger partial charge in [0.05, 0.1) is 0 Å². The third-order valence-corrected chi connectivity index (χ3v) is 0.988. The van der Waals surface area contributed by atoms with Crippen LogP contribution in [0, 0.1) is 0 Å². The molecule has 5 heteroatoms. The number of aldehydes is 1. The zero-order valence-corrected chi connectivity index (χ0v) is 6.28. The van der Waals surface area contributed by atoms with Crippen LogP contribution >= 0.6 is 0 Å². The van der Waals surface area contributed by atoms with E-state index in [4.69, 9.17) is 5.11 Å². The van der Waals surface area contributed by atoms with Crippen molar-refractivity contribution in [2.75, 3.05) is 0 Å².